The predicted octanol–water partition coefficient (Wildman–Crippen LogP) is 2.16. The van der Waals surface area contributed by atoms with Crippen LogP contribution in [0.4, 0.5) is 0 Å². The van der Waals surface area contributed by atoms with Crippen molar-refractivity contribution in [1.29, 1.82) is 0 Å². The molecule has 3 saturated carbocycles. The highest BCUT2D eigenvalue weighted by Gasteiger charge is 2.89. The molecular weight excluding hydrogens is 372 g/mol. The normalized spacial score (nSPS) is 55.6. The highest BCUT2D eigenvalue weighted by molar-refractivity contribution is 6.07. The Hall–Kier alpha value is -1.34. The summed E-state index contributed by atoms with van der Waals surface area (Å²) in [6.45, 7) is 11.9. The summed E-state index contributed by atoms with van der Waals surface area (Å²) in [4.78, 5) is 27.4. The molecule has 0 amide bonds. The molecule has 3 aliphatic heterocycles. The zero-order valence-electron chi connectivity index (χ0n) is 17.4. The van der Waals surface area contributed by atoms with Gasteiger partial charge in [0.1, 0.15) is 11.5 Å². The maximum atomic E-state index is 13.9. The molecule has 4 bridgehead atoms. The molecule has 7 aliphatic rings. The van der Waals surface area contributed by atoms with E-state index in [9.17, 15) is 14.7 Å². The van der Waals surface area contributed by atoms with Crippen LogP contribution in [0.15, 0.2) is 24.3 Å². The van der Waals surface area contributed by atoms with Crippen LogP contribution in [-0.4, -0.2) is 47.1 Å². The number of ether oxygens (including phenoxy) is 3. The van der Waals surface area contributed by atoms with Gasteiger partial charge in [0, 0.05) is 11.8 Å². The molecule has 6 fully saturated rings. The van der Waals surface area contributed by atoms with Crippen molar-refractivity contribution >= 4 is 11.6 Å². The third-order valence-electron chi connectivity index (χ3n) is 8.96. The molecule has 0 aromatic rings. The van der Waals surface area contributed by atoms with E-state index in [4.69, 9.17) is 14.2 Å². The first-order valence-corrected chi connectivity index (χ1v) is 10.6. The van der Waals surface area contributed by atoms with Crippen molar-refractivity contribution in [3.05, 3.63) is 24.3 Å². The van der Waals surface area contributed by atoms with Gasteiger partial charge in [-0.05, 0) is 49.7 Å². The standard InChI is InChI=1S/C23H28O6/c1-11-12-6-7-13-21-10-27-23(17(26)15(21)19(2,3)9-8-14(21)24)22(13,16(11)25)18(12)28-20(4,5)29-23/h8-9,12-13,15,17-18,26H,1,6-7,10H2,2-5H3/t12-,13?,15?,17-,18+,21+,22-,23-/m0/s1. The second-order valence-corrected chi connectivity index (χ2v) is 10.9. The molecule has 1 N–H and O–H groups in total. The van der Waals surface area contributed by atoms with Crippen molar-refractivity contribution in [3.8, 4) is 0 Å². The maximum absolute atomic E-state index is 13.9. The van der Waals surface area contributed by atoms with Crippen molar-refractivity contribution < 1.29 is 28.9 Å². The fourth-order valence-corrected chi connectivity index (χ4v) is 8.23. The number of hydrogen-bond donors (Lipinski definition) is 1. The molecule has 6 nitrogen and oxygen atoms in total. The summed E-state index contributed by atoms with van der Waals surface area (Å²) >= 11 is 0. The number of rotatable bonds is 0. The van der Waals surface area contributed by atoms with E-state index >= 15 is 0 Å². The predicted molar refractivity (Wildman–Crippen MR) is 101 cm³/mol. The van der Waals surface area contributed by atoms with Gasteiger partial charge >= 0.3 is 0 Å². The second kappa shape index (κ2) is 4.77. The first kappa shape index (κ1) is 18.4. The van der Waals surface area contributed by atoms with Gasteiger partial charge in [-0.2, -0.15) is 0 Å². The van der Waals surface area contributed by atoms with Crippen molar-refractivity contribution in [2.75, 3.05) is 6.61 Å². The molecule has 8 atom stereocenters. The van der Waals surface area contributed by atoms with Gasteiger partial charge in [-0.15, -0.1) is 0 Å². The fraction of sp³-hybridized carbons (Fsp3) is 0.739. The van der Waals surface area contributed by atoms with Gasteiger partial charge in [-0.3, -0.25) is 9.59 Å². The van der Waals surface area contributed by atoms with Gasteiger partial charge in [0.05, 0.1) is 18.1 Å². The van der Waals surface area contributed by atoms with Crippen molar-refractivity contribution in [2.24, 2.45) is 34.0 Å². The summed E-state index contributed by atoms with van der Waals surface area (Å²) in [5, 5.41) is 11.9. The molecular formula is C23H28O6. The Balaban J connectivity index is 1.71. The zero-order valence-corrected chi connectivity index (χ0v) is 17.4. The van der Waals surface area contributed by atoms with Crippen LogP contribution >= 0.6 is 0 Å². The Morgan fingerprint density at radius 1 is 1.17 bits per heavy atom. The van der Waals surface area contributed by atoms with E-state index in [0.717, 1.165) is 6.42 Å². The van der Waals surface area contributed by atoms with Gasteiger partial charge in [-0.25, -0.2) is 0 Å². The zero-order chi connectivity index (χ0) is 20.8. The minimum Gasteiger partial charge on any atom is -0.387 e. The summed E-state index contributed by atoms with van der Waals surface area (Å²) in [7, 11) is 0. The number of hydrogen-bond acceptors (Lipinski definition) is 6. The molecule has 2 unspecified atom stereocenters. The lowest BCUT2D eigenvalue weighted by atomic mass is 9.36. The van der Waals surface area contributed by atoms with Crippen LogP contribution in [0.1, 0.15) is 40.5 Å². The van der Waals surface area contributed by atoms with E-state index in [2.05, 4.69) is 6.58 Å². The third kappa shape index (κ3) is 1.60. The lowest BCUT2D eigenvalue weighted by Crippen LogP contribution is -2.88. The average Bonchev–Trinajstić information content (AvgIpc) is 2.75. The minimum absolute atomic E-state index is 0.0547. The SMILES string of the molecule is C=C1C(=O)[C@@]23C4CC[C@@H]1[C@H]2OC(C)(C)O[C@]31OC[C@]42C(=O)C=CC(C)(C)C2[C@@H]1O. The van der Waals surface area contributed by atoms with Gasteiger partial charge < -0.3 is 19.3 Å². The molecule has 0 radical (unpaired) electrons. The number of Topliss-reactive ketones (excluding diaryl/α,β-unsaturated/α-hetero) is 1. The maximum Gasteiger partial charge on any atom is 0.213 e. The topological polar surface area (TPSA) is 82.1 Å². The molecule has 156 valence electrons. The van der Waals surface area contributed by atoms with Crippen molar-refractivity contribution in [3.63, 3.8) is 0 Å². The van der Waals surface area contributed by atoms with E-state index in [1.807, 2.05) is 19.9 Å². The van der Waals surface area contributed by atoms with E-state index in [0.29, 0.717) is 12.0 Å². The number of ketones is 2. The Kier molecular flexibility index (Phi) is 3.03. The van der Waals surface area contributed by atoms with Gasteiger partial charge in [0.25, 0.3) is 0 Å². The Morgan fingerprint density at radius 2 is 1.90 bits per heavy atom. The highest BCUT2D eigenvalue weighted by Crippen LogP contribution is 2.78. The minimum atomic E-state index is -1.53. The van der Waals surface area contributed by atoms with Crippen LogP contribution in [0, 0.1) is 34.0 Å². The molecule has 29 heavy (non-hydrogen) atoms. The van der Waals surface area contributed by atoms with E-state index < -0.39 is 45.9 Å². The average molecular weight is 400 g/mol. The van der Waals surface area contributed by atoms with Crippen LogP contribution in [0.3, 0.4) is 0 Å². The van der Waals surface area contributed by atoms with E-state index in [-0.39, 0.29) is 30.0 Å². The van der Waals surface area contributed by atoms with Crippen LogP contribution < -0.4 is 0 Å². The number of allylic oxidation sites excluding steroid dienone is 2. The number of carbonyl (C=O) groups excluding carboxylic acids is 2. The third-order valence-corrected chi connectivity index (χ3v) is 8.96. The van der Waals surface area contributed by atoms with Crippen LogP contribution in [-0.2, 0) is 23.8 Å². The Labute approximate surface area is 170 Å². The van der Waals surface area contributed by atoms with Gasteiger partial charge in [0.15, 0.2) is 17.4 Å². The Bertz CT molecular complexity index is 916. The summed E-state index contributed by atoms with van der Waals surface area (Å²) < 4.78 is 19.1. The number of aliphatic hydroxyl groups excluding tert-OH is 1. The molecule has 0 aromatic heterocycles. The monoisotopic (exact) mass is 400 g/mol. The number of fused-ring (bicyclic) bond motifs is 1. The summed E-state index contributed by atoms with van der Waals surface area (Å²) in [5.74, 6) is -3.61. The Morgan fingerprint density at radius 3 is 2.62 bits per heavy atom. The van der Waals surface area contributed by atoms with Crippen LogP contribution in [0.5, 0.6) is 0 Å². The first-order valence-electron chi connectivity index (χ1n) is 10.6. The first-order chi connectivity index (χ1) is 13.5. The lowest BCUT2D eigenvalue weighted by molar-refractivity contribution is -0.521. The van der Waals surface area contributed by atoms with E-state index in [1.165, 1.54) is 0 Å². The number of aliphatic hydroxyl groups is 1. The van der Waals surface area contributed by atoms with Gasteiger partial charge in [0.2, 0.25) is 5.79 Å². The fourth-order valence-electron chi connectivity index (χ4n) is 8.23. The van der Waals surface area contributed by atoms with Crippen LogP contribution in [0.2, 0.25) is 0 Å². The number of carbonyl (C=O) groups is 2. The molecule has 3 saturated heterocycles. The molecule has 0 aromatic carbocycles. The quantitative estimate of drug-likeness (QED) is 0.628. The highest BCUT2D eigenvalue weighted by atomic mass is 16.8. The summed E-state index contributed by atoms with van der Waals surface area (Å²) in [6.07, 6.45) is 3.33. The molecule has 3 spiro atoms. The summed E-state index contributed by atoms with van der Waals surface area (Å²) in [5.41, 5.74) is -2.11. The van der Waals surface area contributed by atoms with Crippen molar-refractivity contribution in [1.82, 2.24) is 0 Å². The largest absolute Gasteiger partial charge is 0.387 e. The molecule has 7 rings (SSSR count). The molecule has 6 heteroatoms. The molecule has 4 aliphatic carbocycles. The lowest BCUT2D eigenvalue weighted by Gasteiger charge is -2.75. The van der Waals surface area contributed by atoms with Crippen LogP contribution in [0.25, 0.3) is 0 Å². The van der Waals surface area contributed by atoms with E-state index in [1.54, 1.807) is 19.9 Å². The second-order valence-electron chi connectivity index (χ2n) is 10.9. The summed E-state index contributed by atoms with van der Waals surface area (Å²) in [6, 6.07) is 0. The van der Waals surface area contributed by atoms with Gasteiger partial charge in [-0.1, -0.05) is 26.5 Å². The molecule has 3 heterocycles. The smallest absolute Gasteiger partial charge is 0.213 e. The van der Waals surface area contributed by atoms with Crippen molar-refractivity contribution in [2.45, 2.75) is 64.3 Å².